The first-order valence-corrected chi connectivity index (χ1v) is 6.82. The van der Waals surface area contributed by atoms with E-state index in [0.29, 0.717) is 5.56 Å². The minimum absolute atomic E-state index is 0.159. The Morgan fingerprint density at radius 3 is 2.43 bits per heavy atom. The summed E-state index contributed by atoms with van der Waals surface area (Å²) in [5.41, 5.74) is 1.26. The largest absolute Gasteiger partial charge is 0.516 e. The minimum atomic E-state index is -0.984. The molecule has 0 saturated carbocycles. The van der Waals surface area contributed by atoms with E-state index in [9.17, 15) is 9.59 Å². The van der Waals surface area contributed by atoms with Crippen LogP contribution in [0.4, 0.5) is 10.5 Å². The van der Waals surface area contributed by atoms with Crippen LogP contribution in [0, 0.1) is 0 Å². The maximum atomic E-state index is 12.1. The van der Waals surface area contributed by atoms with Crippen molar-refractivity contribution in [3.8, 4) is 0 Å². The predicted molar refractivity (Wildman–Crippen MR) is 80.5 cm³/mol. The number of hydrogen-bond donors (Lipinski definition) is 1. The number of carbonyl (C=O) groups is 2. The molecule has 0 spiro atoms. The molecule has 0 amide bonds. The van der Waals surface area contributed by atoms with E-state index in [1.54, 1.807) is 19.1 Å². The number of hydrogen-bond acceptors (Lipinski definition) is 5. The molecule has 0 heterocycles. The number of benzene rings is 2. The van der Waals surface area contributed by atoms with Crippen molar-refractivity contribution >= 4 is 28.6 Å². The van der Waals surface area contributed by atoms with Crippen LogP contribution in [0.25, 0.3) is 10.8 Å². The summed E-state index contributed by atoms with van der Waals surface area (Å²) >= 11 is 0. The first kappa shape index (κ1) is 14.8. The van der Waals surface area contributed by atoms with Crippen molar-refractivity contribution in [3.05, 3.63) is 42.0 Å². The topological polar surface area (TPSA) is 64.6 Å². The Morgan fingerprint density at radius 2 is 1.76 bits per heavy atom. The molecule has 2 aromatic carbocycles. The Balaban J connectivity index is 2.39. The lowest BCUT2D eigenvalue weighted by Gasteiger charge is -2.11. The van der Waals surface area contributed by atoms with Crippen LogP contribution < -0.4 is 5.32 Å². The summed E-state index contributed by atoms with van der Waals surface area (Å²) in [6, 6.07) is 10.9. The molecule has 110 valence electrons. The fraction of sp³-hybridized carbons (Fsp3) is 0.250. The highest BCUT2D eigenvalue weighted by Crippen LogP contribution is 2.27. The van der Waals surface area contributed by atoms with Crippen LogP contribution in [0.5, 0.6) is 0 Å². The zero-order valence-electron chi connectivity index (χ0n) is 12.0. The lowest BCUT2D eigenvalue weighted by atomic mass is 10.0. The van der Waals surface area contributed by atoms with Crippen LogP contribution in [0.15, 0.2) is 36.4 Å². The molecule has 1 N–H and O–H groups in total. The highest BCUT2D eigenvalue weighted by Gasteiger charge is 2.17. The molecule has 0 aliphatic heterocycles. The highest BCUT2D eigenvalue weighted by molar-refractivity contribution is 6.10. The molecular weight excluding hydrogens is 270 g/mol. The monoisotopic (exact) mass is 287 g/mol. The third-order valence-corrected chi connectivity index (χ3v) is 2.95. The average Bonchev–Trinajstić information content (AvgIpc) is 2.48. The smallest absolute Gasteiger partial charge is 0.434 e. The summed E-state index contributed by atoms with van der Waals surface area (Å²) in [6.45, 7) is 4.58. The Kier molecular flexibility index (Phi) is 4.77. The van der Waals surface area contributed by atoms with Gasteiger partial charge in [-0.05, 0) is 31.4 Å². The van der Waals surface area contributed by atoms with Crippen LogP contribution in [0.2, 0.25) is 0 Å². The summed E-state index contributed by atoms with van der Waals surface area (Å²) < 4.78 is 9.28. The van der Waals surface area contributed by atoms with Crippen molar-refractivity contribution in [2.75, 3.05) is 18.5 Å². The second kappa shape index (κ2) is 6.74. The number of esters is 1. The molecule has 0 unspecified atom stereocenters. The van der Waals surface area contributed by atoms with Gasteiger partial charge in [0.05, 0.1) is 12.2 Å². The van der Waals surface area contributed by atoms with Gasteiger partial charge in [0, 0.05) is 17.6 Å². The van der Waals surface area contributed by atoms with Gasteiger partial charge in [0.25, 0.3) is 0 Å². The fourth-order valence-corrected chi connectivity index (χ4v) is 2.10. The van der Waals surface area contributed by atoms with Crippen molar-refractivity contribution in [1.82, 2.24) is 0 Å². The maximum Gasteiger partial charge on any atom is 0.516 e. The Labute approximate surface area is 122 Å². The van der Waals surface area contributed by atoms with Gasteiger partial charge >= 0.3 is 12.1 Å². The van der Waals surface area contributed by atoms with Gasteiger partial charge in [0.1, 0.15) is 0 Å². The molecule has 0 aliphatic rings. The average molecular weight is 287 g/mol. The van der Waals surface area contributed by atoms with E-state index in [1.807, 2.05) is 31.2 Å². The number of carbonyl (C=O) groups excluding carboxylic acids is 2. The molecule has 0 aromatic heterocycles. The van der Waals surface area contributed by atoms with Gasteiger partial charge in [-0.15, -0.1) is 0 Å². The summed E-state index contributed by atoms with van der Waals surface area (Å²) in [7, 11) is 0. The molecular formula is C16H17NO4. The first-order chi connectivity index (χ1) is 10.2. The SMILES string of the molecule is CCNc1ccc(C(=O)OC(=O)OCC)c2ccccc12. The molecule has 2 aromatic rings. The summed E-state index contributed by atoms with van der Waals surface area (Å²) in [5.74, 6) is -0.715. The van der Waals surface area contributed by atoms with Gasteiger partial charge in [-0.25, -0.2) is 9.59 Å². The fourth-order valence-electron chi connectivity index (χ4n) is 2.10. The summed E-state index contributed by atoms with van der Waals surface area (Å²) in [5, 5.41) is 4.86. The van der Waals surface area contributed by atoms with Gasteiger partial charge in [0.15, 0.2) is 0 Å². The second-order valence-electron chi connectivity index (χ2n) is 4.31. The minimum Gasteiger partial charge on any atom is -0.434 e. The molecule has 0 fully saturated rings. The van der Waals surface area contributed by atoms with Gasteiger partial charge in [-0.1, -0.05) is 24.3 Å². The van der Waals surface area contributed by atoms with Crippen molar-refractivity contribution < 1.29 is 19.1 Å². The molecule has 0 radical (unpaired) electrons. The molecule has 0 bridgehead atoms. The lowest BCUT2D eigenvalue weighted by Crippen LogP contribution is -2.14. The Hall–Kier alpha value is -2.56. The second-order valence-corrected chi connectivity index (χ2v) is 4.31. The molecule has 0 saturated heterocycles. The maximum absolute atomic E-state index is 12.1. The standard InChI is InChI=1S/C16H17NO4/c1-3-17-14-10-9-13(11-7-5-6-8-12(11)14)15(18)21-16(19)20-4-2/h5-10,17H,3-4H2,1-2H3. The van der Waals surface area contributed by atoms with E-state index >= 15 is 0 Å². The third kappa shape index (κ3) is 3.31. The number of ether oxygens (including phenoxy) is 2. The van der Waals surface area contributed by atoms with Crippen LogP contribution in [-0.4, -0.2) is 25.3 Å². The van der Waals surface area contributed by atoms with E-state index < -0.39 is 12.1 Å². The lowest BCUT2D eigenvalue weighted by molar-refractivity contribution is 0.0403. The number of rotatable bonds is 4. The molecule has 2 rings (SSSR count). The van der Waals surface area contributed by atoms with Crippen LogP contribution >= 0.6 is 0 Å². The normalized spacial score (nSPS) is 10.2. The third-order valence-electron chi connectivity index (χ3n) is 2.95. The number of anilines is 1. The van der Waals surface area contributed by atoms with Gasteiger partial charge in [-0.3, -0.25) is 0 Å². The van der Waals surface area contributed by atoms with E-state index in [4.69, 9.17) is 0 Å². The molecule has 5 nitrogen and oxygen atoms in total. The molecule has 21 heavy (non-hydrogen) atoms. The Morgan fingerprint density at radius 1 is 1.05 bits per heavy atom. The highest BCUT2D eigenvalue weighted by atomic mass is 16.7. The van der Waals surface area contributed by atoms with Crippen LogP contribution in [0.1, 0.15) is 24.2 Å². The molecule has 0 atom stereocenters. The van der Waals surface area contributed by atoms with E-state index in [-0.39, 0.29) is 6.61 Å². The summed E-state index contributed by atoms with van der Waals surface area (Å²) in [4.78, 5) is 23.3. The van der Waals surface area contributed by atoms with E-state index in [1.165, 1.54) is 0 Å². The van der Waals surface area contributed by atoms with Gasteiger partial charge in [0.2, 0.25) is 0 Å². The predicted octanol–water partition coefficient (Wildman–Crippen LogP) is 3.58. The Bertz CT molecular complexity index is 666. The van der Waals surface area contributed by atoms with Crippen molar-refractivity contribution in [3.63, 3.8) is 0 Å². The van der Waals surface area contributed by atoms with Gasteiger partial charge in [-0.2, -0.15) is 0 Å². The zero-order valence-corrected chi connectivity index (χ0v) is 12.0. The van der Waals surface area contributed by atoms with Crippen molar-refractivity contribution in [1.29, 1.82) is 0 Å². The molecule has 5 heteroatoms. The van der Waals surface area contributed by atoms with Crippen LogP contribution in [-0.2, 0) is 9.47 Å². The quantitative estimate of drug-likeness (QED) is 0.687. The van der Waals surface area contributed by atoms with E-state index in [2.05, 4.69) is 14.8 Å². The zero-order chi connectivity index (χ0) is 15.2. The van der Waals surface area contributed by atoms with Crippen molar-refractivity contribution in [2.24, 2.45) is 0 Å². The first-order valence-electron chi connectivity index (χ1n) is 6.82. The van der Waals surface area contributed by atoms with Crippen LogP contribution in [0.3, 0.4) is 0 Å². The van der Waals surface area contributed by atoms with E-state index in [0.717, 1.165) is 23.0 Å². The number of fused-ring (bicyclic) bond motifs is 1. The summed E-state index contributed by atoms with van der Waals surface area (Å²) in [6.07, 6.45) is -0.984. The van der Waals surface area contributed by atoms with Gasteiger partial charge < -0.3 is 14.8 Å². The molecule has 0 aliphatic carbocycles. The van der Waals surface area contributed by atoms with Crippen molar-refractivity contribution in [2.45, 2.75) is 13.8 Å². The number of nitrogens with one attached hydrogen (secondary N) is 1.